The molecule has 0 spiro atoms. The van der Waals surface area contributed by atoms with E-state index in [2.05, 4.69) is 60.7 Å². The lowest BCUT2D eigenvalue weighted by Gasteiger charge is -2.21. The SMILES string of the molecule is [2H]c1c([2H])c([2H])c2c(oc3c([2H])c(-c4c5ccccc5c(-c5ccccc5-c5ccccc5)c5ccccc45)c(-c4ccccc4)c([2H])c32)c1[2H]. The third-order valence-corrected chi connectivity index (χ3v) is 8.60. The molecular formula is C44H28O. The number of furan rings is 1. The van der Waals surface area contributed by atoms with E-state index in [4.69, 9.17) is 9.90 Å². The maximum absolute atomic E-state index is 9.87. The van der Waals surface area contributed by atoms with Crippen molar-refractivity contribution in [3.63, 3.8) is 0 Å². The largest absolute Gasteiger partial charge is 0.456 e. The molecule has 0 fully saturated rings. The van der Waals surface area contributed by atoms with Crippen LogP contribution in [0.25, 0.3) is 88.0 Å². The topological polar surface area (TPSA) is 13.1 Å². The molecule has 1 heteroatoms. The van der Waals surface area contributed by atoms with Crippen molar-refractivity contribution in [2.75, 3.05) is 0 Å². The van der Waals surface area contributed by atoms with Gasteiger partial charge in [0.1, 0.15) is 11.2 Å². The summed E-state index contributed by atoms with van der Waals surface area (Å²) in [6.45, 7) is 0. The molecule has 1 nitrogen and oxygen atoms in total. The summed E-state index contributed by atoms with van der Waals surface area (Å²) in [7, 11) is 0. The van der Waals surface area contributed by atoms with Gasteiger partial charge in [-0.2, -0.15) is 0 Å². The van der Waals surface area contributed by atoms with Crippen molar-refractivity contribution in [2.24, 2.45) is 0 Å². The number of hydrogen-bond acceptors (Lipinski definition) is 1. The Kier molecular flexibility index (Phi) is 4.63. The van der Waals surface area contributed by atoms with Crippen molar-refractivity contribution in [2.45, 2.75) is 0 Å². The van der Waals surface area contributed by atoms with Crippen LogP contribution in [0.2, 0.25) is 0 Å². The fraction of sp³-hybridized carbons (Fsp3) is 0. The van der Waals surface area contributed by atoms with Gasteiger partial charge in [0.15, 0.2) is 0 Å². The molecule has 45 heavy (non-hydrogen) atoms. The molecule has 0 aliphatic heterocycles. The Labute approximate surface area is 270 Å². The average molecular weight is 579 g/mol. The van der Waals surface area contributed by atoms with E-state index in [-0.39, 0.29) is 46.1 Å². The Balaban J connectivity index is 1.49. The summed E-state index contributed by atoms with van der Waals surface area (Å²) in [6, 6.07) is 43.2. The van der Waals surface area contributed by atoms with Gasteiger partial charge in [0.25, 0.3) is 0 Å². The molecule has 0 aliphatic carbocycles. The van der Waals surface area contributed by atoms with E-state index in [1.807, 2.05) is 72.8 Å². The molecule has 0 bridgehead atoms. The van der Waals surface area contributed by atoms with Crippen LogP contribution in [-0.2, 0) is 0 Å². The lowest BCUT2D eigenvalue weighted by atomic mass is 9.82. The maximum Gasteiger partial charge on any atom is 0.136 e. The van der Waals surface area contributed by atoms with Gasteiger partial charge in [0.05, 0.1) is 8.22 Å². The van der Waals surface area contributed by atoms with Crippen molar-refractivity contribution in [1.29, 1.82) is 0 Å². The highest BCUT2D eigenvalue weighted by atomic mass is 16.3. The van der Waals surface area contributed by atoms with Gasteiger partial charge in [-0.1, -0.05) is 152 Å². The first-order chi connectivity index (χ1) is 24.9. The number of benzene rings is 8. The predicted molar refractivity (Wildman–Crippen MR) is 190 cm³/mol. The van der Waals surface area contributed by atoms with Gasteiger partial charge in [-0.25, -0.2) is 0 Å². The number of hydrogen-bond donors (Lipinski definition) is 0. The Hall–Kier alpha value is -5.92. The van der Waals surface area contributed by atoms with Gasteiger partial charge in [-0.3, -0.25) is 0 Å². The van der Waals surface area contributed by atoms with Gasteiger partial charge in [0, 0.05) is 10.8 Å². The molecule has 0 atom stereocenters. The predicted octanol–water partition coefficient (Wildman–Crippen LogP) is 12.6. The highest BCUT2D eigenvalue weighted by Gasteiger charge is 2.22. The highest BCUT2D eigenvalue weighted by molar-refractivity contribution is 6.24. The first-order valence-electron chi connectivity index (χ1n) is 18.0. The molecule has 9 rings (SSSR count). The van der Waals surface area contributed by atoms with E-state index < -0.39 is 12.1 Å². The minimum Gasteiger partial charge on any atom is -0.456 e. The van der Waals surface area contributed by atoms with Gasteiger partial charge in [-0.15, -0.1) is 0 Å². The summed E-state index contributed by atoms with van der Waals surface area (Å²) in [5.41, 5.74) is 6.85. The fourth-order valence-electron chi connectivity index (χ4n) is 6.66. The fourth-order valence-corrected chi connectivity index (χ4v) is 6.66. The second-order valence-electron chi connectivity index (χ2n) is 11.1. The van der Waals surface area contributed by atoms with Gasteiger partial charge < -0.3 is 4.42 Å². The zero-order chi connectivity index (χ0) is 35.0. The molecule has 1 heterocycles. The Morgan fingerprint density at radius 1 is 0.356 bits per heavy atom. The van der Waals surface area contributed by atoms with Crippen LogP contribution in [0.3, 0.4) is 0 Å². The van der Waals surface area contributed by atoms with Crippen LogP contribution in [0.5, 0.6) is 0 Å². The summed E-state index contributed by atoms with van der Waals surface area (Å²) < 4.78 is 60.0. The summed E-state index contributed by atoms with van der Waals surface area (Å²) >= 11 is 0. The molecule has 0 amide bonds. The quantitative estimate of drug-likeness (QED) is 0.189. The zero-order valence-corrected chi connectivity index (χ0v) is 24.1. The van der Waals surface area contributed by atoms with Crippen LogP contribution in [0.4, 0.5) is 0 Å². The second-order valence-corrected chi connectivity index (χ2v) is 11.1. The average Bonchev–Trinajstić information content (AvgIpc) is 3.59. The van der Waals surface area contributed by atoms with Crippen molar-refractivity contribution in [3.8, 4) is 44.5 Å². The minimum atomic E-state index is -0.420. The van der Waals surface area contributed by atoms with Crippen LogP contribution >= 0.6 is 0 Å². The molecule has 210 valence electrons. The molecule has 8 aromatic carbocycles. The lowest BCUT2D eigenvalue weighted by Crippen LogP contribution is -1.94. The van der Waals surface area contributed by atoms with Gasteiger partial charge in [0.2, 0.25) is 0 Å². The van der Waals surface area contributed by atoms with E-state index in [9.17, 15) is 2.74 Å². The summed E-state index contributed by atoms with van der Waals surface area (Å²) in [5, 5.41) is 4.10. The monoisotopic (exact) mass is 578 g/mol. The molecule has 0 unspecified atom stereocenters. The van der Waals surface area contributed by atoms with E-state index in [0.717, 1.165) is 54.9 Å². The Bertz CT molecular complexity index is 2800. The molecule has 0 aliphatic rings. The highest BCUT2D eigenvalue weighted by Crippen LogP contribution is 2.49. The standard InChI is InChI=1S/C44H28O/c1-3-15-29(16-4-1)31-19-7-8-21-33(31)43-34-22-9-11-24-36(34)44(37-25-12-10-23-35(37)43)40-28-42-39(32-20-13-14-26-41(32)45-42)27-38(40)30-17-5-2-6-18-30/h1-28H/i13D,14D,20D,26D,27D,28D. The molecule has 0 saturated heterocycles. The smallest absolute Gasteiger partial charge is 0.136 e. The number of fused-ring (bicyclic) bond motifs is 5. The Morgan fingerprint density at radius 2 is 0.844 bits per heavy atom. The molecule has 0 radical (unpaired) electrons. The van der Waals surface area contributed by atoms with Gasteiger partial charge in [-0.05, 0) is 84.2 Å². The third-order valence-electron chi connectivity index (χ3n) is 8.60. The van der Waals surface area contributed by atoms with Crippen molar-refractivity contribution in [1.82, 2.24) is 0 Å². The first-order valence-corrected chi connectivity index (χ1v) is 15.0. The van der Waals surface area contributed by atoms with E-state index >= 15 is 0 Å². The second kappa shape index (κ2) is 10.4. The molecule has 9 aromatic rings. The van der Waals surface area contributed by atoms with E-state index in [1.165, 1.54) is 0 Å². The Morgan fingerprint density at radius 3 is 1.47 bits per heavy atom. The number of para-hydroxylation sites is 1. The maximum atomic E-state index is 9.87. The van der Waals surface area contributed by atoms with Crippen molar-refractivity contribution >= 4 is 43.5 Å². The first kappa shape index (κ1) is 20.1. The van der Waals surface area contributed by atoms with E-state index in [1.54, 1.807) is 0 Å². The summed E-state index contributed by atoms with van der Waals surface area (Å²) in [4.78, 5) is 0. The molecule has 1 aromatic heterocycles. The van der Waals surface area contributed by atoms with Crippen molar-refractivity contribution in [3.05, 3.63) is 170 Å². The van der Waals surface area contributed by atoms with Crippen LogP contribution in [-0.4, -0.2) is 0 Å². The summed E-state index contributed by atoms with van der Waals surface area (Å²) in [5.74, 6) is 0. The van der Waals surface area contributed by atoms with Crippen LogP contribution in [0.1, 0.15) is 8.22 Å². The third kappa shape index (κ3) is 4.09. The van der Waals surface area contributed by atoms with Crippen LogP contribution < -0.4 is 0 Å². The van der Waals surface area contributed by atoms with Crippen molar-refractivity contribution < 1.29 is 12.6 Å². The molecular weight excluding hydrogens is 544 g/mol. The van der Waals surface area contributed by atoms with Crippen LogP contribution in [0, 0.1) is 0 Å². The number of rotatable bonds is 4. The normalized spacial score (nSPS) is 13.4. The van der Waals surface area contributed by atoms with Crippen LogP contribution in [0.15, 0.2) is 174 Å². The molecule has 0 N–H and O–H groups in total. The minimum absolute atomic E-state index is 0.0145. The van der Waals surface area contributed by atoms with E-state index in [0.29, 0.717) is 11.1 Å². The zero-order valence-electron chi connectivity index (χ0n) is 30.1. The van der Waals surface area contributed by atoms with Gasteiger partial charge >= 0.3 is 0 Å². The lowest BCUT2D eigenvalue weighted by molar-refractivity contribution is 0.669. The summed E-state index contributed by atoms with van der Waals surface area (Å²) in [6.07, 6.45) is 0. The molecule has 0 saturated carbocycles.